The number of amides is 1. The predicted octanol–water partition coefficient (Wildman–Crippen LogP) is 2.53. The number of halogens is 2. The molecule has 1 atom stereocenters. The third kappa shape index (κ3) is 6.48. The first kappa shape index (κ1) is 23.0. The van der Waals surface area contributed by atoms with Gasteiger partial charge in [-0.3, -0.25) is 9.69 Å². The number of nitrogens with zero attached hydrogens (tertiary/aromatic N) is 1. The molecule has 24 heavy (non-hydrogen) atoms. The van der Waals surface area contributed by atoms with Gasteiger partial charge in [-0.2, -0.15) is 0 Å². The van der Waals surface area contributed by atoms with E-state index < -0.39 is 0 Å². The van der Waals surface area contributed by atoms with Crippen molar-refractivity contribution >= 4 is 30.7 Å². The van der Waals surface area contributed by atoms with Crippen LogP contribution in [0.2, 0.25) is 0 Å². The molecule has 0 radical (unpaired) electrons. The highest BCUT2D eigenvalue weighted by atomic mass is 35.5. The molecular weight excluding hydrogens is 349 g/mol. The summed E-state index contributed by atoms with van der Waals surface area (Å²) in [6, 6.07) is 8.24. The van der Waals surface area contributed by atoms with E-state index in [1.54, 1.807) is 7.11 Å². The maximum Gasteiger partial charge on any atom is 0.220 e. The number of carbonyl (C=O) groups excluding carboxylic acids is 1. The second-order valence-corrected chi connectivity index (χ2v) is 5.70. The van der Waals surface area contributed by atoms with E-state index in [4.69, 9.17) is 10.5 Å². The average molecular weight is 378 g/mol. The first-order valence-electron chi connectivity index (χ1n) is 8.10. The zero-order valence-electron chi connectivity index (χ0n) is 14.2. The van der Waals surface area contributed by atoms with Crippen LogP contribution in [0, 0.1) is 0 Å². The van der Waals surface area contributed by atoms with E-state index in [1.807, 2.05) is 18.2 Å². The van der Waals surface area contributed by atoms with Crippen LogP contribution in [0.3, 0.4) is 0 Å². The molecule has 1 aromatic carbocycles. The Hall–Kier alpha value is -1.01. The second-order valence-electron chi connectivity index (χ2n) is 5.70. The number of likely N-dealkylation sites (tertiary alicyclic amines) is 1. The van der Waals surface area contributed by atoms with Crippen LogP contribution >= 0.6 is 24.8 Å². The third-order valence-corrected chi connectivity index (χ3v) is 4.18. The molecule has 1 amide bonds. The molecule has 138 valence electrons. The van der Waals surface area contributed by atoms with Gasteiger partial charge in [-0.25, -0.2) is 0 Å². The number of methoxy groups -OCH3 is 1. The van der Waals surface area contributed by atoms with Crippen LogP contribution in [0.5, 0.6) is 5.75 Å². The molecule has 1 aromatic rings. The molecule has 1 aliphatic heterocycles. The van der Waals surface area contributed by atoms with Gasteiger partial charge in [0.1, 0.15) is 5.75 Å². The zero-order chi connectivity index (χ0) is 15.8. The number of rotatable bonds is 8. The maximum atomic E-state index is 11.9. The quantitative estimate of drug-likeness (QED) is 0.730. The monoisotopic (exact) mass is 377 g/mol. The topological polar surface area (TPSA) is 67.6 Å². The van der Waals surface area contributed by atoms with Gasteiger partial charge in [0.15, 0.2) is 0 Å². The molecule has 2 rings (SSSR count). The number of benzene rings is 1. The second kappa shape index (κ2) is 12.4. The van der Waals surface area contributed by atoms with Crippen molar-refractivity contribution in [1.82, 2.24) is 10.2 Å². The minimum absolute atomic E-state index is 0. The van der Waals surface area contributed by atoms with Gasteiger partial charge in [-0.05, 0) is 45.0 Å². The van der Waals surface area contributed by atoms with Crippen LogP contribution in [-0.2, 0) is 4.79 Å². The summed E-state index contributed by atoms with van der Waals surface area (Å²) in [5.41, 5.74) is 6.60. The fourth-order valence-corrected chi connectivity index (χ4v) is 2.99. The normalized spacial score (nSPS) is 15.1. The lowest BCUT2D eigenvalue weighted by molar-refractivity contribution is -0.121. The Morgan fingerprint density at radius 2 is 1.96 bits per heavy atom. The van der Waals surface area contributed by atoms with E-state index in [0.29, 0.717) is 19.5 Å². The molecule has 0 spiro atoms. The lowest BCUT2D eigenvalue weighted by Crippen LogP contribution is -2.37. The number of nitrogens with two attached hydrogens (primary N) is 1. The molecule has 0 aromatic heterocycles. The molecule has 0 bridgehead atoms. The summed E-state index contributed by atoms with van der Waals surface area (Å²) >= 11 is 0. The number of carbonyl (C=O) groups is 1. The average Bonchev–Trinajstić information content (AvgIpc) is 3.07. The Bertz CT molecular complexity index is 483. The number of hydrogen-bond donors (Lipinski definition) is 2. The number of hydrogen-bond acceptors (Lipinski definition) is 4. The van der Waals surface area contributed by atoms with Crippen LogP contribution in [0.1, 0.15) is 37.3 Å². The SMILES string of the molecule is COc1ccccc1C(CNC(=O)CCCN)N1CCCC1.Cl.Cl. The van der Waals surface area contributed by atoms with Gasteiger partial charge < -0.3 is 15.8 Å². The standard InChI is InChI=1S/C17H27N3O2.2ClH/c1-22-16-8-3-2-7-14(16)15(20-11-4-5-12-20)13-19-17(21)9-6-10-18;;/h2-3,7-8,15H,4-6,9-13,18H2,1H3,(H,19,21);2*1H. The number of para-hydroxylation sites is 1. The lowest BCUT2D eigenvalue weighted by atomic mass is 10.0. The van der Waals surface area contributed by atoms with Crippen molar-refractivity contribution < 1.29 is 9.53 Å². The van der Waals surface area contributed by atoms with Crippen molar-refractivity contribution in [2.45, 2.75) is 31.7 Å². The van der Waals surface area contributed by atoms with Gasteiger partial charge in [0, 0.05) is 18.5 Å². The zero-order valence-corrected chi connectivity index (χ0v) is 15.8. The third-order valence-electron chi connectivity index (χ3n) is 4.18. The van der Waals surface area contributed by atoms with Gasteiger partial charge >= 0.3 is 0 Å². The summed E-state index contributed by atoms with van der Waals surface area (Å²) in [7, 11) is 1.69. The number of nitrogens with one attached hydrogen (secondary N) is 1. The Kier molecular flexibility index (Phi) is 11.8. The smallest absolute Gasteiger partial charge is 0.220 e. The van der Waals surface area contributed by atoms with Crippen molar-refractivity contribution in [2.75, 3.05) is 33.3 Å². The first-order chi connectivity index (χ1) is 10.8. The van der Waals surface area contributed by atoms with E-state index in [2.05, 4.69) is 16.3 Å². The summed E-state index contributed by atoms with van der Waals surface area (Å²) < 4.78 is 5.50. The summed E-state index contributed by atoms with van der Waals surface area (Å²) in [5, 5.41) is 3.05. The summed E-state index contributed by atoms with van der Waals surface area (Å²) in [4.78, 5) is 14.3. The Labute approximate surface area is 157 Å². The minimum atomic E-state index is 0. The maximum absolute atomic E-state index is 11.9. The molecule has 1 saturated heterocycles. The largest absolute Gasteiger partial charge is 0.496 e. The predicted molar refractivity (Wildman–Crippen MR) is 102 cm³/mol. The van der Waals surface area contributed by atoms with Gasteiger partial charge in [0.05, 0.1) is 13.2 Å². The van der Waals surface area contributed by atoms with Crippen LogP contribution in [0.25, 0.3) is 0 Å². The molecule has 3 N–H and O–H groups in total. The van der Waals surface area contributed by atoms with Gasteiger partial charge in [-0.15, -0.1) is 24.8 Å². The molecule has 1 fully saturated rings. The summed E-state index contributed by atoms with van der Waals surface area (Å²) in [6.45, 7) is 3.31. The van der Waals surface area contributed by atoms with Crippen LogP contribution in [0.15, 0.2) is 24.3 Å². The molecule has 0 aliphatic carbocycles. The highest BCUT2D eigenvalue weighted by Crippen LogP contribution is 2.31. The first-order valence-corrected chi connectivity index (χ1v) is 8.10. The highest BCUT2D eigenvalue weighted by molar-refractivity contribution is 5.85. The Morgan fingerprint density at radius 3 is 2.58 bits per heavy atom. The molecule has 1 heterocycles. The minimum Gasteiger partial charge on any atom is -0.496 e. The van der Waals surface area contributed by atoms with Crippen molar-refractivity contribution in [2.24, 2.45) is 5.73 Å². The van der Waals surface area contributed by atoms with Crippen molar-refractivity contribution in [1.29, 1.82) is 0 Å². The van der Waals surface area contributed by atoms with Gasteiger partial charge in [0.25, 0.3) is 0 Å². The van der Waals surface area contributed by atoms with Crippen LogP contribution in [-0.4, -0.2) is 44.1 Å². The van der Waals surface area contributed by atoms with E-state index in [-0.39, 0.29) is 36.8 Å². The Morgan fingerprint density at radius 1 is 1.29 bits per heavy atom. The van der Waals surface area contributed by atoms with E-state index in [9.17, 15) is 4.79 Å². The van der Waals surface area contributed by atoms with E-state index in [0.717, 1.165) is 30.8 Å². The fourth-order valence-electron chi connectivity index (χ4n) is 2.99. The summed E-state index contributed by atoms with van der Waals surface area (Å²) in [6.07, 6.45) is 3.66. The Balaban J connectivity index is 0.00000264. The van der Waals surface area contributed by atoms with Crippen molar-refractivity contribution in [3.8, 4) is 5.75 Å². The summed E-state index contributed by atoms with van der Waals surface area (Å²) in [5.74, 6) is 0.958. The molecule has 0 saturated carbocycles. The van der Waals surface area contributed by atoms with E-state index >= 15 is 0 Å². The van der Waals surface area contributed by atoms with Gasteiger partial charge in [0.2, 0.25) is 5.91 Å². The molecule has 1 unspecified atom stereocenters. The van der Waals surface area contributed by atoms with E-state index in [1.165, 1.54) is 12.8 Å². The van der Waals surface area contributed by atoms with Gasteiger partial charge in [-0.1, -0.05) is 18.2 Å². The fraction of sp³-hybridized carbons (Fsp3) is 0.588. The van der Waals surface area contributed by atoms with Crippen LogP contribution in [0.4, 0.5) is 0 Å². The lowest BCUT2D eigenvalue weighted by Gasteiger charge is -2.29. The molecule has 1 aliphatic rings. The highest BCUT2D eigenvalue weighted by Gasteiger charge is 2.26. The number of ether oxygens (including phenoxy) is 1. The van der Waals surface area contributed by atoms with Crippen molar-refractivity contribution in [3.63, 3.8) is 0 Å². The van der Waals surface area contributed by atoms with Crippen molar-refractivity contribution in [3.05, 3.63) is 29.8 Å². The molecule has 7 heteroatoms. The molecule has 5 nitrogen and oxygen atoms in total. The van der Waals surface area contributed by atoms with Crippen LogP contribution < -0.4 is 15.8 Å². The molecular formula is C17H29Cl2N3O2.